The van der Waals surface area contributed by atoms with Crippen molar-refractivity contribution in [2.45, 2.75) is 25.8 Å². The average molecular weight is 249 g/mol. The Balaban J connectivity index is 2.66. The molecule has 18 heavy (non-hydrogen) atoms. The number of anilines is 1. The predicted molar refractivity (Wildman–Crippen MR) is 76.0 cm³/mol. The van der Waals surface area contributed by atoms with Crippen molar-refractivity contribution in [2.24, 2.45) is 5.73 Å². The van der Waals surface area contributed by atoms with Crippen LogP contribution in [0.2, 0.25) is 0 Å². The van der Waals surface area contributed by atoms with E-state index in [1.165, 1.54) is 0 Å². The van der Waals surface area contributed by atoms with Crippen molar-refractivity contribution in [2.75, 3.05) is 25.5 Å². The highest BCUT2D eigenvalue weighted by molar-refractivity contribution is 5.94. The lowest BCUT2D eigenvalue weighted by molar-refractivity contribution is 0.0934. The third-order valence-electron chi connectivity index (χ3n) is 2.99. The van der Waals surface area contributed by atoms with Gasteiger partial charge in [-0.2, -0.15) is 0 Å². The fraction of sp³-hybridized carbons (Fsp3) is 0.500. The maximum Gasteiger partial charge on any atom is 0.251 e. The molecule has 0 radical (unpaired) electrons. The lowest BCUT2D eigenvalue weighted by atomic mass is 10.1. The van der Waals surface area contributed by atoms with Crippen LogP contribution in [-0.4, -0.2) is 32.6 Å². The maximum atomic E-state index is 12.0. The Morgan fingerprint density at radius 2 is 1.94 bits per heavy atom. The van der Waals surface area contributed by atoms with Gasteiger partial charge in [-0.1, -0.05) is 6.92 Å². The third kappa shape index (κ3) is 4.04. The number of carbonyl (C=O) groups is 1. The van der Waals surface area contributed by atoms with E-state index in [0.717, 1.165) is 18.5 Å². The van der Waals surface area contributed by atoms with Crippen molar-refractivity contribution in [1.29, 1.82) is 0 Å². The molecule has 3 N–H and O–H groups in total. The fourth-order valence-electron chi connectivity index (χ4n) is 1.76. The van der Waals surface area contributed by atoms with Crippen LogP contribution in [0, 0.1) is 0 Å². The summed E-state index contributed by atoms with van der Waals surface area (Å²) in [5.41, 5.74) is 7.29. The zero-order chi connectivity index (χ0) is 13.5. The summed E-state index contributed by atoms with van der Waals surface area (Å²) >= 11 is 0. The molecular weight excluding hydrogens is 226 g/mol. The first-order chi connectivity index (χ1) is 8.58. The molecule has 4 heteroatoms. The number of hydrogen-bond acceptors (Lipinski definition) is 3. The lowest BCUT2D eigenvalue weighted by Gasteiger charge is -2.17. The zero-order valence-corrected chi connectivity index (χ0v) is 11.4. The van der Waals surface area contributed by atoms with Gasteiger partial charge in [0.2, 0.25) is 0 Å². The first-order valence-electron chi connectivity index (χ1n) is 6.36. The fourth-order valence-corrected chi connectivity index (χ4v) is 1.76. The minimum Gasteiger partial charge on any atom is -0.378 e. The number of amides is 1. The van der Waals surface area contributed by atoms with Crippen molar-refractivity contribution in [3.05, 3.63) is 29.8 Å². The summed E-state index contributed by atoms with van der Waals surface area (Å²) in [5.74, 6) is -0.0272. The van der Waals surface area contributed by atoms with Gasteiger partial charge >= 0.3 is 0 Å². The van der Waals surface area contributed by atoms with Crippen molar-refractivity contribution in [3.8, 4) is 0 Å². The van der Waals surface area contributed by atoms with Gasteiger partial charge in [0, 0.05) is 31.4 Å². The van der Waals surface area contributed by atoms with E-state index in [9.17, 15) is 4.79 Å². The Bertz CT molecular complexity index is 373. The predicted octanol–water partition coefficient (Wildman–Crippen LogP) is 1.61. The molecule has 1 aromatic carbocycles. The van der Waals surface area contributed by atoms with Crippen LogP contribution in [0.25, 0.3) is 0 Å². The lowest BCUT2D eigenvalue weighted by Crippen LogP contribution is -2.35. The number of nitrogens with zero attached hydrogens (tertiary/aromatic N) is 1. The second-order valence-corrected chi connectivity index (χ2v) is 4.60. The topological polar surface area (TPSA) is 58.4 Å². The number of rotatable bonds is 6. The van der Waals surface area contributed by atoms with Gasteiger partial charge in [-0.15, -0.1) is 0 Å². The van der Waals surface area contributed by atoms with Crippen LogP contribution in [0.4, 0.5) is 5.69 Å². The number of benzene rings is 1. The Hall–Kier alpha value is -1.55. The van der Waals surface area contributed by atoms with Crippen LogP contribution in [-0.2, 0) is 0 Å². The van der Waals surface area contributed by atoms with Crippen molar-refractivity contribution >= 4 is 11.6 Å². The monoisotopic (exact) mass is 249 g/mol. The van der Waals surface area contributed by atoms with Crippen LogP contribution in [0.1, 0.15) is 30.1 Å². The van der Waals surface area contributed by atoms with Gasteiger partial charge in [-0.25, -0.2) is 0 Å². The molecule has 0 spiro atoms. The molecule has 0 heterocycles. The molecule has 1 unspecified atom stereocenters. The van der Waals surface area contributed by atoms with Crippen LogP contribution in [0.5, 0.6) is 0 Å². The van der Waals surface area contributed by atoms with E-state index >= 15 is 0 Å². The van der Waals surface area contributed by atoms with Crippen LogP contribution in [0.3, 0.4) is 0 Å². The largest absolute Gasteiger partial charge is 0.378 e. The summed E-state index contributed by atoms with van der Waals surface area (Å²) in [6.07, 6.45) is 1.72. The molecule has 0 fully saturated rings. The molecule has 1 aromatic rings. The zero-order valence-electron chi connectivity index (χ0n) is 11.4. The molecule has 1 rings (SSSR count). The highest BCUT2D eigenvalue weighted by Gasteiger charge is 2.11. The summed E-state index contributed by atoms with van der Waals surface area (Å²) in [5, 5.41) is 3.00. The molecule has 0 aliphatic heterocycles. The Kier molecular flexibility index (Phi) is 5.65. The van der Waals surface area contributed by atoms with E-state index in [-0.39, 0.29) is 11.9 Å². The molecule has 0 aliphatic carbocycles. The molecule has 0 bridgehead atoms. The van der Waals surface area contributed by atoms with Crippen LogP contribution >= 0.6 is 0 Å². The molecule has 0 aliphatic rings. The molecule has 0 saturated heterocycles. The van der Waals surface area contributed by atoms with Crippen LogP contribution in [0.15, 0.2) is 24.3 Å². The maximum absolute atomic E-state index is 12.0. The minimum absolute atomic E-state index is 0.0272. The van der Waals surface area contributed by atoms with E-state index in [0.29, 0.717) is 12.1 Å². The third-order valence-corrected chi connectivity index (χ3v) is 2.99. The second kappa shape index (κ2) is 7.01. The van der Waals surface area contributed by atoms with E-state index in [4.69, 9.17) is 5.73 Å². The number of carbonyl (C=O) groups excluding carboxylic acids is 1. The number of nitrogens with one attached hydrogen (secondary N) is 1. The Labute approximate surface area is 109 Å². The molecule has 4 nitrogen and oxygen atoms in total. The van der Waals surface area contributed by atoms with Crippen molar-refractivity contribution in [3.63, 3.8) is 0 Å². The Morgan fingerprint density at radius 1 is 1.33 bits per heavy atom. The number of hydrogen-bond donors (Lipinski definition) is 2. The molecule has 0 saturated carbocycles. The average Bonchev–Trinajstić information content (AvgIpc) is 2.38. The highest BCUT2D eigenvalue weighted by atomic mass is 16.1. The molecule has 0 aromatic heterocycles. The standard InChI is InChI=1S/C14H23N3O/c1-4-12(9-10-15)16-14(18)11-5-7-13(8-6-11)17(2)3/h5-8,12H,4,9-10,15H2,1-3H3,(H,16,18). The molecule has 100 valence electrons. The van der Waals surface area contributed by atoms with Gasteiger partial charge in [0.15, 0.2) is 0 Å². The summed E-state index contributed by atoms with van der Waals surface area (Å²) in [6, 6.07) is 7.74. The smallest absolute Gasteiger partial charge is 0.251 e. The SMILES string of the molecule is CCC(CCN)NC(=O)c1ccc(N(C)C)cc1. The van der Waals surface area contributed by atoms with E-state index in [1.807, 2.05) is 43.3 Å². The van der Waals surface area contributed by atoms with Crippen molar-refractivity contribution in [1.82, 2.24) is 5.32 Å². The normalized spacial score (nSPS) is 12.0. The molecule has 1 atom stereocenters. The number of nitrogens with two attached hydrogens (primary N) is 1. The minimum atomic E-state index is -0.0272. The molecule has 1 amide bonds. The highest BCUT2D eigenvalue weighted by Crippen LogP contribution is 2.12. The van der Waals surface area contributed by atoms with Gasteiger partial charge in [0.25, 0.3) is 5.91 Å². The van der Waals surface area contributed by atoms with E-state index in [2.05, 4.69) is 12.2 Å². The van der Waals surface area contributed by atoms with Gasteiger partial charge < -0.3 is 16.0 Å². The quantitative estimate of drug-likeness (QED) is 0.805. The van der Waals surface area contributed by atoms with Crippen LogP contribution < -0.4 is 16.0 Å². The van der Waals surface area contributed by atoms with Gasteiger partial charge in [0.1, 0.15) is 0 Å². The van der Waals surface area contributed by atoms with Gasteiger partial charge in [0.05, 0.1) is 0 Å². The molecular formula is C14H23N3O. The summed E-state index contributed by atoms with van der Waals surface area (Å²) in [4.78, 5) is 14.0. The van der Waals surface area contributed by atoms with Crippen molar-refractivity contribution < 1.29 is 4.79 Å². The van der Waals surface area contributed by atoms with Gasteiger partial charge in [-0.05, 0) is 43.7 Å². The second-order valence-electron chi connectivity index (χ2n) is 4.60. The van der Waals surface area contributed by atoms with Gasteiger partial charge in [-0.3, -0.25) is 4.79 Å². The van der Waals surface area contributed by atoms with E-state index < -0.39 is 0 Å². The summed E-state index contributed by atoms with van der Waals surface area (Å²) < 4.78 is 0. The first kappa shape index (κ1) is 14.5. The summed E-state index contributed by atoms with van der Waals surface area (Å²) in [6.45, 7) is 2.65. The summed E-state index contributed by atoms with van der Waals surface area (Å²) in [7, 11) is 3.95. The van der Waals surface area contributed by atoms with E-state index in [1.54, 1.807) is 0 Å². The first-order valence-corrected chi connectivity index (χ1v) is 6.36. The Morgan fingerprint density at radius 3 is 2.39 bits per heavy atom.